The minimum atomic E-state index is -0.0832. The van der Waals surface area contributed by atoms with Crippen molar-refractivity contribution in [2.45, 2.75) is 38.5 Å². The maximum atomic E-state index is 12.0. The number of carbonyl (C=O) groups is 1. The van der Waals surface area contributed by atoms with Crippen molar-refractivity contribution in [1.29, 1.82) is 0 Å². The van der Waals surface area contributed by atoms with E-state index in [-0.39, 0.29) is 17.9 Å². The van der Waals surface area contributed by atoms with Gasteiger partial charge in [0.05, 0.1) is 13.7 Å². The van der Waals surface area contributed by atoms with Crippen molar-refractivity contribution in [2.24, 2.45) is 5.41 Å². The predicted molar refractivity (Wildman–Crippen MR) is 82.3 cm³/mol. The first-order chi connectivity index (χ1) is 10.2. The number of amides is 1. The van der Waals surface area contributed by atoms with Crippen LogP contribution in [-0.2, 0) is 11.2 Å². The molecule has 0 spiro atoms. The van der Waals surface area contributed by atoms with E-state index in [1.807, 2.05) is 24.3 Å². The first kappa shape index (κ1) is 15.8. The molecule has 0 heterocycles. The number of aliphatic hydroxyl groups excluding tert-OH is 1. The fourth-order valence-corrected chi connectivity index (χ4v) is 3.05. The molecule has 0 aromatic heterocycles. The fraction of sp³-hybridized carbons (Fsp3) is 0.588. The Morgan fingerprint density at radius 3 is 2.71 bits per heavy atom. The third-order valence-electron chi connectivity index (χ3n) is 4.47. The molecule has 1 aromatic rings. The van der Waals surface area contributed by atoms with Crippen LogP contribution in [0.2, 0.25) is 0 Å². The molecule has 21 heavy (non-hydrogen) atoms. The number of nitrogens with one attached hydrogen (secondary N) is 1. The number of hydrogen-bond acceptors (Lipinski definition) is 3. The minimum Gasteiger partial charge on any atom is -0.496 e. The number of benzene rings is 1. The van der Waals surface area contributed by atoms with E-state index in [2.05, 4.69) is 5.32 Å². The molecular weight excluding hydrogens is 266 g/mol. The van der Waals surface area contributed by atoms with Crippen LogP contribution in [0.1, 0.15) is 37.7 Å². The normalized spacial score (nSPS) is 16.7. The molecule has 4 nitrogen and oxygen atoms in total. The molecule has 0 saturated heterocycles. The van der Waals surface area contributed by atoms with Crippen molar-refractivity contribution in [2.75, 3.05) is 20.3 Å². The molecule has 2 rings (SSSR count). The number of para-hydroxylation sites is 1. The van der Waals surface area contributed by atoms with E-state index < -0.39 is 0 Å². The van der Waals surface area contributed by atoms with Gasteiger partial charge in [0.25, 0.3) is 0 Å². The number of ether oxygens (including phenoxy) is 1. The molecule has 116 valence electrons. The SMILES string of the molecule is COc1ccccc1CCC(=O)NCC1(CO)CCCC1. The lowest BCUT2D eigenvalue weighted by atomic mass is 9.87. The van der Waals surface area contributed by atoms with Gasteiger partial charge >= 0.3 is 0 Å². The number of hydrogen-bond donors (Lipinski definition) is 2. The molecule has 0 radical (unpaired) electrons. The average molecular weight is 291 g/mol. The molecule has 1 saturated carbocycles. The Kier molecular flexibility index (Phi) is 5.62. The summed E-state index contributed by atoms with van der Waals surface area (Å²) in [6, 6.07) is 7.77. The van der Waals surface area contributed by atoms with E-state index in [1.165, 1.54) is 0 Å². The van der Waals surface area contributed by atoms with Crippen LogP contribution in [-0.4, -0.2) is 31.3 Å². The second-order valence-corrected chi connectivity index (χ2v) is 5.95. The Labute approximate surface area is 126 Å². The van der Waals surface area contributed by atoms with Gasteiger partial charge in [-0.2, -0.15) is 0 Å². The number of methoxy groups -OCH3 is 1. The zero-order chi connectivity index (χ0) is 15.1. The zero-order valence-corrected chi connectivity index (χ0v) is 12.7. The van der Waals surface area contributed by atoms with E-state index in [1.54, 1.807) is 7.11 Å². The van der Waals surface area contributed by atoms with E-state index >= 15 is 0 Å². The lowest BCUT2D eigenvalue weighted by Gasteiger charge is -2.26. The molecule has 1 aromatic carbocycles. The molecule has 0 bridgehead atoms. The van der Waals surface area contributed by atoms with E-state index in [0.29, 0.717) is 19.4 Å². The number of aryl methyl sites for hydroxylation is 1. The molecule has 1 aliphatic carbocycles. The second kappa shape index (κ2) is 7.46. The van der Waals surface area contributed by atoms with Crippen molar-refractivity contribution in [3.8, 4) is 5.75 Å². The van der Waals surface area contributed by atoms with Crippen molar-refractivity contribution in [3.63, 3.8) is 0 Å². The third kappa shape index (κ3) is 4.21. The summed E-state index contributed by atoms with van der Waals surface area (Å²) >= 11 is 0. The Morgan fingerprint density at radius 1 is 1.33 bits per heavy atom. The van der Waals surface area contributed by atoms with Crippen LogP contribution in [0, 0.1) is 5.41 Å². The molecule has 1 aliphatic rings. The molecule has 2 N–H and O–H groups in total. The summed E-state index contributed by atoms with van der Waals surface area (Å²) in [5.74, 6) is 0.869. The van der Waals surface area contributed by atoms with Gasteiger partial charge in [-0.3, -0.25) is 4.79 Å². The van der Waals surface area contributed by atoms with Crippen LogP contribution in [0.3, 0.4) is 0 Å². The second-order valence-electron chi connectivity index (χ2n) is 5.95. The van der Waals surface area contributed by atoms with Crippen molar-refractivity contribution < 1.29 is 14.6 Å². The summed E-state index contributed by atoms with van der Waals surface area (Å²) in [4.78, 5) is 12.0. The smallest absolute Gasteiger partial charge is 0.220 e. The van der Waals surface area contributed by atoms with Gasteiger partial charge in [0, 0.05) is 18.4 Å². The molecule has 0 aliphatic heterocycles. The highest BCUT2D eigenvalue weighted by Gasteiger charge is 2.33. The highest BCUT2D eigenvalue weighted by Crippen LogP contribution is 2.36. The summed E-state index contributed by atoms with van der Waals surface area (Å²) in [6.45, 7) is 0.758. The Balaban J connectivity index is 1.79. The Hall–Kier alpha value is -1.55. The standard InChI is InChI=1S/C17H25NO3/c1-21-15-7-3-2-6-14(15)8-9-16(20)18-12-17(13-19)10-4-5-11-17/h2-3,6-7,19H,4-5,8-13H2,1H3,(H,18,20). The van der Waals surface area contributed by atoms with Crippen LogP contribution in [0.5, 0.6) is 5.75 Å². The predicted octanol–water partition coefficient (Wildman–Crippen LogP) is 2.30. The van der Waals surface area contributed by atoms with E-state index in [4.69, 9.17) is 4.74 Å². The average Bonchev–Trinajstić information content (AvgIpc) is 3.00. The summed E-state index contributed by atoms with van der Waals surface area (Å²) in [5, 5.41) is 12.5. The third-order valence-corrected chi connectivity index (χ3v) is 4.47. The number of carbonyl (C=O) groups excluding carboxylic acids is 1. The van der Waals surface area contributed by atoms with E-state index in [0.717, 1.165) is 37.0 Å². The maximum Gasteiger partial charge on any atom is 0.220 e. The van der Waals surface area contributed by atoms with Crippen molar-refractivity contribution in [3.05, 3.63) is 29.8 Å². The lowest BCUT2D eigenvalue weighted by molar-refractivity contribution is -0.121. The lowest BCUT2D eigenvalue weighted by Crippen LogP contribution is -2.38. The zero-order valence-electron chi connectivity index (χ0n) is 12.7. The van der Waals surface area contributed by atoms with Gasteiger partial charge in [-0.1, -0.05) is 31.0 Å². The van der Waals surface area contributed by atoms with Crippen LogP contribution in [0.15, 0.2) is 24.3 Å². The van der Waals surface area contributed by atoms with Crippen LogP contribution >= 0.6 is 0 Å². The van der Waals surface area contributed by atoms with E-state index in [9.17, 15) is 9.90 Å². The monoisotopic (exact) mass is 291 g/mol. The maximum absolute atomic E-state index is 12.0. The van der Waals surface area contributed by atoms with Gasteiger partial charge in [0.2, 0.25) is 5.91 Å². The Bertz CT molecular complexity index is 467. The van der Waals surface area contributed by atoms with Crippen LogP contribution < -0.4 is 10.1 Å². The van der Waals surface area contributed by atoms with Gasteiger partial charge in [0.15, 0.2) is 0 Å². The summed E-state index contributed by atoms with van der Waals surface area (Å²) < 4.78 is 5.29. The van der Waals surface area contributed by atoms with Gasteiger partial charge in [-0.25, -0.2) is 0 Å². The number of aliphatic hydroxyl groups is 1. The molecule has 1 fully saturated rings. The molecule has 4 heteroatoms. The quantitative estimate of drug-likeness (QED) is 0.810. The molecule has 0 atom stereocenters. The van der Waals surface area contributed by atoms with Gasteiger partial charge in [0.1, 0.15) is 5.75 Å². The highest BCUT2D eigenvalue weighted by atomic mass is 16.5. The van der Waals surface area contributed by atoms with Gasteiger partial charge in [-0.05, 0) is 30.9 Å². The molecule has 0 unspecified atom stereocenters. The molecular formula is C17H25NO3. The highest BCUT2D eigenvalue weighted by molar-refractivity contribution is 5.76. The van der Waals surface area contributed by atoms with Crippen molar-refractivity contribution >= 4 is 5.91 Å². The van der Waals surface area contributed by atoms with Crippen LogP contribution in [0.4, 0.5) is 0 Å². The van der Waals surface area contributed by atoms with Crippen molar-refractivity contribution in [1.82, 2.24) is 5.32 Å². The van der Waals surface area contributed by atoms with Gasteiger partial charge in [-0.15, -0.1) is 0 Å². The Morgan fingerprint density at radius 2 is 2.05 bits per heavy atom. The minimum absolute atomic E-state index is 0.0423. The van der Waals surface area contributed by atoms with Gasteiger partial charge < -0.3 is 15.2 Å². The first-order valence-electron chi connectivity index (χ1n) is 7.68. The summed E-state index contributed by atoms with van der Waals surface area (Å²) in [5.41, 5.74) is 0.966. The summed E-state index contributed by atoms with van der Waals surface area (Å²) in [6.07, 6.45) is 5.44. The van der Waals surface area contributed by atoms with Crippen LogP contribution in [0.25, 0.3) is 0 Å². The first-order valence-corrected chi connectivity index (χ1v) is 7.68. The largest absolute Gasteiger partial charge is 0.496 e. The topological polar surface area (TPSA) is 58.6 Å². The fourth-order valence-electron chi connectivity index (χ4n) is 3.05. The number of rotatable bonds is 7. The molecule has 1 amide bonds. The summed E-state index contributed by atoms with van der Waals surface area (Å²) in [7, 11) is 1.64.